The summed E-state index contributed by atoms with van der Waals surface area (Å²) < 4.78 is 57.0. The second-order valence-corrected chi connectivity index (χ2v) is 9.69. The average molecular weight is 550 g/mol. The molecule has 0 heterocycles. The van der Waals surface area contributed by atoms with E-state index >= 15 is 4.39 Å². The van der Waals surface area contributed by atoms with Crippen molar-refractivity contribution in [3.8, 4) is 16.9 Å². The maximum absolute atomic E-state index is 15.3. The molecule has 40 heavy (non-hydrogen) atoms. The lowest BCUT2D eigenvalue weighted by Gasteiger charge is -2.19. The van der Waals surface area contributed by atoms with E-state index in [1.807, 2.05) is 32.9 Å². The number of nitrogens with one attached hydrogen (secondary N) is 1. The van der Waals surface area contributed by atoms with Crippen molar-refractivity contribution in [3.63, 3.8) is 0 Å². The molecule has 4 nitrogen and oxygen atoms in total. The first kappa shape index (κ1) is 28.5. The summed E-state index contributed by atoms with van der Waals surface area (Å²) in [6.45, 7) is 5.91. The summed E-state index contributed by atoms with van der Waals surface area (Å²) in [7, 11) is 0. The van der Waals surface area contributed by atoms with Gasteiger partial charge in [0.25, 0.3) is 0 Å². The van der Waals surface area contributed by atoms with Gasteiger partial charge in [-0.2, -0.15) is 0 Å². The Labute approximate surface area is 229 Å². The molecule has 0 fully saturated rings. The van der Waals surface area contributed by atoms with Crippen LogP contribution in [0.4, 0.5) is 23.2 Å². The molecule has 4 aromatic rings. The fourth-order valence-corrected chi connectivity index (χ4v) is 4.86. The molecule has 1 N–H and O–H groups in total. The molecule has 4 aromatic carbocycles. The molecule has 206 valence electrons. The van der Waals surface area contributed by atoms with Crippen LogP contribution in [0.5, 0.6) is 5.75 Å². The normalized spacial score (nSPS) is 12.1. The van der Waals surface area contributed by atoms with Crippen molar-refractivity contribution in [1.29, 1.82) is 0 Å². The van der Waals surface area contributed by atoms with Gasteiger partial charge in [0.15, 0.2) is 0 Å². The summed E-state index contributed by atoms with van der Waals surface area (Å²) in [5.74, 6) is -2.46. The Morgan fingerprint density at radius 1 is 0.900 bits per heavy atom. The van der Waals surface area contributed by atoms with Crippen LogP contribution in [0.2, 0.25) is 0 Å². The van der Waals surface area contributed by atoms with Gasteiger partial charge in [-0.3, -0.25) is 9.59 Å². The van der Waals surface area contributed by atoms with Crippen LogP contribution in [0.3, 0.4) is 0 Å². The van der Waals surface area contributed by atoms with Crippen LogP contribution >= 0.6 is 0 Å². The van der Waals surface area contributed by atoms with E-state index in [1.165, 1.54) is 24.3 Å². The van der Waals surface area contributed by atoms with Gasteiger partial charge < -0.3 is 10.1 Å². The predicted octanol–water partition coefficient (Wildman–Crippen LogP) is 8.09. The van der Waals surface area contributed by atoms with E-state index in [-0.39, 0.29) is 12.1 Å². The Bertz CT molecular complexity index is 1500. The predicted molar refractivity (Wildman–Crippen MR) is 146 cm³/mol. The number of anilines is 1. The summed E-state index contributed by atoms with van der Waals surface area (Å²) in [6, 6.07) is 20.2. The molecular weight excluding hydrogens is 522 g/mol. The zero-order valence-corrected chi connectivity index (χ0v) is 22.1. The number of benzene rings is 4. The van der Waals surface area contributed by atoms with Crippen LogP contribution in [-0.4, -0.2) is 18.6 Å². The lowest BCUT2D eigenvalue weighted by Crippen LogP contribution is -2.24. The van der Waals surface area contributed by atoms with Gasteiger partial charge in [-0.1, -0.05) is 60.2 Å². The maximum atomic E-state index is 15.3. The number of alkyl halides is 3. The van der Waals surface area contributed by atoms with Gasteiger partial charge in [0.05, 0.1) is 11.6 Å². The molecular formula is C32H27F4NO3. The molecule has 0 saturated carbocycles. The molecule has 0 saturated heterocycles. The van der Waals surface area contributed by atoms with Gasteiger partial charge in [-0.05, 0) is 84.8 Å². The van der Waals surface area contributed by atoms with Crippen molar-refractivity contribution in [2.75, 3.05) is 5.32 Å². The smallest absolute Gasteiger partial charge is 0.406 e. The highest BCUT2D eigenvalue weighted by atomic mass is 19.4. The van der Waals surface area contributed by atoms with Gasteiger partial charge in [0.1, 0.15) is 17.9 Å². The largest absolute Gasteiger partial charge is 0.573 e. The number of halogens is 4. The quantitative estimate of drug-likeness (QED) is 0.179. The van der Waals surface area contributed by atoms with Crippen molar-refractivity contribution in [2.45, 2.75) is 39.5 Å². The summed E-state index contributed by atoms with van der Waals surface area (Å²) >= 11 is 0. The molecule has 1 atom stereocenters. The zero-order valence-electron chi connectivity index (χ0n) is 22.1. The number of ether oxygens (including phenoxy) is 1. The monoisotopic (exact) mass is 549 g/mol. The highest BCUT2D eigenvalue weighted by molar-refractivity contribution is 5.96. The van der Waals surface area contributed by atoms with E-state index in [1.54, 1.807) is 30.3 Å². The van der Waals surface area contributed by atoms with Crippen LogP contribution in [0.1, 0.15) is 44.1 Å². The molecule has 4 rings (SSSR count). The van der Waals surface area contributed by atoms with E-state index in [0.717, 1.165) is 34.4 Å². The number of carbonyl (C=O) groups is 2. The molecule has 0 aliphatic rings. The summed E-state index contributed by atoms with van der Waals surface area (Å²) in [5, 5.41) is 2.64. The van der Waals surface area contributed by atoms with Gasteiger partial charge >= 0.3 is 6.36 Å². The first-order valence-corrected chi connectivity index (χ1v) is 12.5. The van der Waals surface area contributed by atoms with E-state index in [4.69, 9.17) is 0 Å². The second kappa shape index (κ2) is 11.7. The topological polar surface area (TPSA) is 55.4 Å². The molecule has 1 amide bonds. The van der Waals surface area contributed by atoms with Crippen molar-refractivity contribution < 1.29 is 31.9 Å². The highest BCUT2D eigenvalue weighted by Crippen LogP contribution is 2.32. The Hall–Kier alpha value is -4.46. The molecule has 0 aromatic heterocycles. The van der Waals surface area contributed by atoms with Crippen molar-refractivity contribution in [1.82, 2.24) is 0 Å². The third kappa shape index (κ3) is 6.94. The van der Waals surface area contributed by atoms with Crippen molar-refractivity contribution >= 4 is 17.9 Å². The van der Waals surface area contributed by atoms with Crippen LogP contribution in [0, 0.1) is 26.6 Å². The third-order valence-corrected chi connectivity index (χ3v) is 6.58. The number of hydrogen-bond donors (Lipinski definition) is 1. The third-order valence-electron chi connectivity index (χ3n) is 6.58. The number of hydrogen-bond acceptors (Lipinski definition) is 3. The number of aryl methyl sites for hydroxylation is 3. The second-order valence-electron chi connectivity index (χ2n) is 9.69. The lowest BCUT2D eigenvalue weighted by molar-refractivity contribution is -0.274. The summed E-state index contributed by atoms with van der Waals surface area (Å²) in [5.41, 5.74) is 6.27. The van der Waals surface area contributed by atoms with Gasteiger partial charge in [0.2, 0.25) is 5.91 Å². The number of carbonyl (C=O) groups excluding carboxylic acids is 2. The highest BCUT2D eigenvalue weighted by Gasteiger charge is 2.31. The Morgan fingerprint density at radius 2 is 1.52 bits per heavy atom. The molecule has 0 aliphatic carbocycles. The molecule has 0 bridgehead atoms. The minimum atomic E-state index is -4.85. The first-order valence-electron chi connectivity index (χ1n) is 12.5. The van der Waals surface area contributed by atoms with Crippen molar-refractivity contribution in [3.05, 3.63) is 118 Å². The van der Waals surface area contributed by atoms with Gasteiger partial charge in [0, 0.05) is 5.56 Å². The number of aldehydes is 1. The zero-order chi connectivity index (χ0) is 29.0. The first-order chi connectivity index (χ1) is 18.9. The Balaban J connectivity index is 1.62. The van der Waals surface area contributed by atoms with Crippen LogP contribution in [0.25, 0.3) is 11.1 Å². The molecule has 0 aliphatic heterocycles. The van der Waals surface area contributed by atoms with E-state index in [9.17, 15) is 22.8 Å². The summed E-state index contributed by atoms with van der Waals surface area (Å²) in [6.07, 6.45) is -4.00. The molecule has 1 unspecified atom stereocenters. The Morgan fingerprint density at radius 3 is 2.08 bits per heavy atom. The number of rotatable bonds is 8. The van der Waals surface area contributed by atoms with Crippen LogP contribution < -0.4 is 10.1 Å². The van der Waals surface area contributed by atoms with E-state index in [0.29, 0.717) is 28.5 Å². The Kier molecular flexibility index (Phi) is 8.38. The minimum Gasteiger partial charge on any atom is -0.406 e. The SMILES string of the molecule is Cc1cc(C)c(-c2ccc(NC(=O)C(Cc3ccc(C=O)cc3)c3ccc(OC(F)(F)F)cc3)c(F)c2)c(C)c1. The fraction of sp³-hybridized carbons (Fsp3) is 0.188. The minimum absolute atomic E-state index is 0.0190. The maximum Gasteiger partial charge on any atom is 0.573 e. The molecule has 0 radical (unpaired) electrons. The molecule has 0 spiro atoms. The summed E-state index contributed by atoms with van der Waals surface area (Å²) in [4.78, 5) is 24.5. The fourth-order valence-electron chi connectivity index (χ4n) is 4.86. The van der Waals surface area contributed by atoms with Gasteiger partial charge in [-0.15, -0.1) is 13.2 Å². The lowest BCUT2D eigenvalue weighted by atomic mass is 9.90. The molecule has 8 heteroatoms. The van der Waals surface area contributed by atoms with E-state index < -0.39 is 29.8 Å². The van der Waals surface area contributed by atoms with Gasteiger partial charge in [-0.25, -0.2) is 4.39 Å². The van der Waals surface area contributed by atoms with E-state index in [2.05, 4.69) is 10.1 Å². The van der Waals surface area contributed by atoms with Crippen LogP contribution in [0.15, 0.2) is 78.9 Å². The average Bonchev–Trinajstić information content (AvgIpc) is 2.88. The van der Waals surface area contributed by atoms with Crippen LogP contribution in [-0.2, 0) is 11.2 Å². The standard InChI is InChI=1S/C32H27F4NO3/c1-19-14-20(2)30(21(3)15-19)25-10-13-29(28(33)17-25)37-31(39)27(16-22-4-6-23(18-38)7-5-22)24-8-11-26(12-9-24)40-32(34,35)36/h4-15,17-18,27H,16H2,1-3H3,(H,37,39). The number of amides is 1. The van der Waals surface area contributed by atoms with Crippen molar-refractivity contribution in [2.24, 2.45) is 0 Å².